The van der Waals surface area contributed by atoms with Crippen molar-refractivity contribution in [1.82, 2.24) is 4.98 Å². The number of pyridine rings is 1. The third-order valence-electron chi connectivity index (χ3n) is 3.99. The maximum Gasteiger partial charge on any atom is 0.258 e. The van der Waals surface area contributed by atoms with Gasteiger partial charge >= 0.3 is 0 Å². The second kappa shape index (κ2) is 6.29. The highest BCUT2D eigenvalue weighted by atomic mass is 16.5. The van der Waals surface area contributed by atoms with E-state index in [1.807, 2.05) is 0 Å². The van der Waals surface area contributed by atoms with Crippen molar-refractivity contribution in [3.63, 3.8) is 0 Å². The Hall–Kier alpha value is -2.93. The van der Waals surface area contributed by atoms with Crippen LogP contribution in [-0.4, -0.2) is 43.5 Å². The minimum absolute atomic E-state index is 0.111. The molecule has 2 aromatic rings. The van der Waals surface area contributed by atoms with Crippen molar-refractivity contribution >= 4 is 23.2 Å². The molecule has 0 fully saturated rings. The molecule has 0 saturated carbocycles. The van der Waals surface area contributed by atoms with E-state index in [-0.39, 0.29) is 18.4 Å². The number of benzene rings is 1. The van der Waals surface area contributed by atoms with Gasteiger partial charge in [0.1, 0.15) is 18.4 Å². The van der Waals surface area contributed by atoms with E-state index < -0.39 is 6.04 Å². The van der Waals surface area contributed by atoms with Gasteiger partial charge in [-0.3, -0.25) is 14.6 Å². The van der Waals surface area contributed by atoms with Gasteiger partial charge in [0.2, 0.25) is 5.91 Å². The molecule has 0 unspecified atom stereocenters. The summed E-state index contributed by atoms with van der Waals surface area (Å²) in [5, 5.41) is 0. The van der Waals surface area contributed by atoms with Gasteiger partial charge < -0.3 is 20.3 Å². The predicted octanol–water partition coefficient (Wildman–Crippen LogP) is 1.04. The molecule has 2 amide bonds. The molecule has 2 heterocycles. The minimum atomic E-state index is -0.721. The fraction of sp³-hybridized carbons (Fsp3) is 0.235. The monoisotopic (exact) mass is 326 g/mol. The number of rotatable bonds is 2. The molecule has 7 nitrogen and oxygen atoms in total. The van der Waals surface area contributed by atoms with E-state index >= 15 is 0 Å². The van der Waals surface area contributed by atoms with Crippen LogP contribution in [0.1, 0.15) is 10.4 Å². The van der Waals surface area contributed by atoms with Gasteiger partial charge in [-0.25, -0.2) is 0 Å². The zero-order valence-electron chi connectivity index (χ0n) is 13.5. The Morgan fingerprint density at radius 1 is 1.33 bits per heavy atom. The first-order valence-electron chi connectivity index (χ1n) is 7.47. The summed E-state index contributed by atoms with van der Waals surface area (Å²) in [6.07, 6.45) is 3.25. The van der Waals surface area contributed by atoms with Gasteiger partial charge in [-0.15, -0.1) is 0 Å². The maximum atomic E-state index is 12.7. The van der Waals surface area contributed by atoms with Crippen LogP contribution in [0.2, 0.25) is 0 Å². The third kappa shape index (κ3) is 2.81. The van der Waals surface area contributed by atoms with Crippen molar-refractivity contribution < 1.29 is 14.3 Å². The molecule has 1 aromatic heterocycles. The molecular weight excluding hydrogens is 308 g/mol. The van der Waals surface area contributed by atoms with Crippen LogP contribution in [0.4, 0.5) is 11.4 Å². The Morgan fingerprint density at radius 3 is 2.75 bits per heavy atom. The van der Waals surface area contributed by atoms with Gasteiger partial charge in [0.25, 0.3) is 5.91 Å². The minimum Gasteiger partial charge on any atom is -0.489 e. The molecule has 1 aliphatic heterocycles. The van der Waals surface area contributed by atoms with Crippen LogP contribution < -0.4 is 20.3 Å². The molecule has 0 spiro atoms. The van der Waals surface area contributed by atoms with Crippen LogP contribution in [0.25, 0.3) is 0 Å². The van der Waals surface area contributed by atoms with Crippen LogP contribution in [0.5, 0.6) is 5.75 Å². The Balaban J connectivity index is 1.94. The number of likely N-dealkylation sites (N-methyl/N-ethyl adjacent to an activating group) is 1. The Bertz CT molecular complexity index is 779. The predicted molar refractivity (Wildman–Crippen MR) is 90.3 cm³/mol. The summed E-state index contributed by atoms with van der Waals surface area (Å²) in [5.74, 6) is 0.0844. The molecule has 0 bridgehead atoms. The maximum absolute atomic E-state index is 12.7. The SMILES string of the molecule is CN(C(=O)c1ccc2c(c1)N(C)C(=O)[C@@H](N)CO2)c1ccncc1. The molecule has 24 heavy (non-hydrogen) atoms. The van der Waals surface area contributed by atoms with Crippen molar-refractivity contribution in [2.45, 2.75) is 6.04 Å². The number of nitrogens with zero attached hydrogens (tertiary/aromatic N) is 3. The summed E-state index contributed by atoms with van der Waals surface area (Å²) in [7, 11) is 3.31. The summed E-state index contributed by atoms with van der Waals surface area (Å²) >= 11 is 0. The smallest absolute Gasteiger partial charge is 0.258 e. The first-order valence-corrected chi connectivity index (χ1v) is 7.47. The molecule has 124 valence electrons. The molecule has 0 aliphatic carbocycles. The van der Waals surface area contributed by atoms with Crippen molar-refractivity contribution in [1.29, 1.82) is 0 Å². The van der Waals surface area contributed by atoms with Crippen LogP contribution in [-0.2, 0) is 4.79 Å². The number of amides is 2. The molecule has 1 atom stereocenters. The normalized spacial score (nSPS) is 16.9. The number of hydrogen-bond donors (Lipinski definition) is 1. The van der Waals surface area contributed by atoms with E-state index in [0.717, 1.165) is 5.69 Å². The van der Waals surface area contributed by atoms with Crippen molar-refractivity contribution in [2.75, 3.05) is 30.5 Å². The second-order valence-electron chi connectivity index (χ2n) is 5.57. The summed E-state index contributed by atoms with van der Waals surface area (Å²) < 4.78 is 5.56. The van der Waals surface area contributed by atoms with Crippen LogP contribution in [0, 0.1) is 0 Å². The van der Waals surface area contributed by atoms with Crippen LogP contribution in [0.15, 0.2) is 42.7 Å². The lowest BCUT2D eigenvalue weighted by Crippen LogP contribution is -2.43. The van der Waals surface area contributed by atoms with Crippen molar-refractivity contribution in [3.8, 4) is 5.75 Å². The first-order chi connectivity index (χ1) is 11.5. The van der Waals surface area contributed by atoms with Crippen molar-refractivity contribution in [3.05, 3.63) is 48.3 Å². The summed E-state index contributed by atoms with van der Waals surface area (Å²) in [5.41, 5.74) is 7.48. The molecule has 1 aromatic carbocycles. The highest BCUT2D eigenvalue weighted by molar-refractivity contribution is 6.07. The summed E-state index contributed by atoms with van der Waals surface area (Å²) in [6.45, 7) is 0.111. The fourth-order valence-electron chi connectivity index (χ4n) is 2.53. The largest absolute Gasteiger partial charge is 0.489 e. The lowest BCUT2D eigenvalue weighted by molar-refractivity contribution is -0.119. The molecular formula is C17H18N4O3. The average molecular weight is 326 g/mol. The van der Waals surface area contributed by atoms with E-state index in [1.165, 1.54) is 9.80 Å². The number of ether oxygens (including phenoxy) is 1. The highest BCUT2D eigenvalue weighted by Gasteiger charge is 2.27. The number of hydrogen-bond acceptors (Lipinski definition) is 5. The topological polar surface area (TPSA) is 88.8 Å². The number of fused-ring (bicyclic) bond motifs is 1. The Morgan fingerprint density at radius 2 is 2.04 bits per heavy atom. The standard InChI is InChI=1S/C17H18N4O3/c1-20(12-5-7-19-8-6-12)16(22)11-3-4-15-14(9-11)21(2)17(23)13(18)10-24-15/h3-9,13H,10,18H2,1-2H3/t13-/m0/s1. The Labute approximate surface area is 139 Å². The molecule has 2 N–H and O–H groups in total. The van der Waals surface area contributed by atoms with Gasteiger partial charge in [0, 0.05) is 37.7 Å². The molecule has 3 rings (SSSR count). The Kier molecular flexibility index (Phi) is 4.18. The number of nitrogens with two attached hydrogens (primary N) is 1. The zero-order valence-corrected chi connectivity index (χ0v) is 13.5. The molecule has 0 radical (unpaired) electrons. The lowest BCUT2D eigenvalue weighted by atomic mass is 10.1. The van der Waals surface area contributed by atoms with Gasteiger partial charge in [-0.1, -0.05) is 0 Å². The average Bonchev–Trinajstić information content (AvgIpc) is 2.73. The first kappa shape index (κ1) is 15.9. The van der Waals surface area contributed by atoms with Crippen LogP contribution in [0.3, 0.4) is 0 Å². The lowest BCUT2D eigenvalue weighted by Gasteiger charge is -2.20. The fourth-order valence-corrected chi connectivity index (χ4v) is 2.53. The van der Waals surface area contributed by atoms with E-state index in [0.29, 0.717) is 17.0 Å². The zero-order chi connectivity index (χ0) is 17.3. The van der Waals surface area contributed by atoms with Gasteiger partial charge in [-0.2, -0.15) is 0 Å². The third-order valence-corrected chi connectivity index (χ3v) is 3.99. The van der Waals surface area contributed by atoms with Gasteiger partial charge in [0.05, 0.1) is 5.69 Å². The van der Waals surface area contributed by atoms with E-state index in [1.54, 1.807) is 56.8 Å². The summed E-state index contributed by atoms with van der Waals surface area (Å²) in [6, 6.07) is 7.78. The summed E-state index contributed by atoms with van der Waals surface area (Å²) in [4.78, 5) is 31.8. The molecule has 7 heteroatoms. The van der Waals surface area contributed by atoms with Crippen molar-refractivity contribution in [2.24, 2.45) is 5.73 Å². The van der Waals surface area contributed by atoms with Gasteiger partial charge in [0.15, 0.2) is 0 Å². The number of carbonyl (C=O) groups excluding carboxylic acids is 2. The van der Waals surface area contributed by atoms with E-state index in [9.17, 15) is 9.59 Å². The van der Waals surface area contributed by atoms with E-state index in [4.69, 9.17) is 10.5 Å². The second-order valence-corrected chi connectivity index (χ2v) is 5.57. The van der Waals surface area contributed by atoms with Gasteiger partial charge in [-0.05, 0) is 30.3 Å². The number of aromatic nitrogens is 1. The highest BCUT2D eigenvalue weighted by Crippen LogP contribution is 2.32. The quantitative estimate of drug-likeness (QED) is 0.891. The molecule has 1 aliphatic rings. The van der Waals surface area contributed by atoms with E-state index in [2.05, 4.69) is 4.98 Å². The number of carbonyl (C=O) groups is 2. The van der Waals surface area contributed by atoms with Crippen LogP contribution >= 0.6 is 0 Å². The molecule has 0 saturated heterocycles. The number of anilines is 2.